The predicted octanol–water partition coefficient (Wildman–Crippen LogP) is 5.33. The summed E-state index contributed by atoms with van der Waals surface area (Å²) in [5.41, 5.74) is 1.87. The van der Waals surface area contributed by atoms with Crippen LogP contribution >= 0.6 is 0 Å². The maximum absolute atomic E-state index is 13.3. The molecule has 0 saturated carbocycles. The molecule has 0 aliphatic rings. The number of amides is 2. The van der Waals surface area contributed by atoms with Crippen molar-refractivity contribution in [2.24, 2.45) is 0 Å². The Morgan fingerprint density at radius 1 is 0.897 bits per heavy atom. The van der Waals surface area contributed by atoms with E-state index >= 15 is 0 Å². The monoisotopic (exact) mass is 534 g/mol. The van der Waals surface area contributed by atoms with Crippen LogP contribution in [-0.4, -0.2) is 53.6 Å². The molecule has 0 unspecified atom stereocenters. The molecule has 0 radical (unpaired) electrons. The SMILES string of the molecule is COc1cccc(CN(C[C@H](O)[C@H](Cc2ccccc2)NC(=O)OC(C)(C)C)C(=O)OCc2ccccc2)c1. The van der Waals surface area contributed by atoms with Gasteiger partial charge in [0, 0.05) is 6.54 Å². The minimum absolute atomic E-state index is 0.0852. The number of benzene rings is 3. The largest absolute Gasteiger partial charge is 0.497 e. The first-order chi connectivity index (χ1) is 18.6. The van der Waals surface area contributed by atoms with Gasteiger partial charge < -0.3 is 29.5 Å². The fraction of sp³-hybridized carbons (Fsp3) is 0.355. The van der Waals surface area contributed by atoms with Gasteiger partial charge in [0.05, 0.1) is 25.8 Å². The summed E-state index contributed by atoms with van der Waals surface area (Å²) in [6, 6.07) is 25.5. The van der Waals surface area contributed by atoms with Crippen LogP contribution in [0.3, 0.4) is 0 Å². The average Bonchev–Trinajstić information content (AvgIpc) is 2.91. The minimum atomic E-state index is -1.12. The summed E-state index contributed by atoms with van der Waals surface area (Å²) in [5.74, 6) is 0.652. The van der Waals surface area contributed by atoms with Gasteiger partial charge in [0.15, 0.2) is 0 Å². The maximum atomic E-state index is 13.3. The van der Waals surface area contributed by atoms with Crippen LogP contribution < -0.4 is 10.1 Å². The zero-order valence-electron chi connectivity index (χ0n) is 23.0. The van der Waals surface area contributed by atoms with Gasteiger partial charge in [0.2, 0.25) is 0 Å². The summed E-state index contributed by atoms with van der Waals surface area (Å²) in [7, 11) is 1.57. The highest BCUT2D eigenvalue weighted by molar-refractivity contribution is 5.69. The van der Waals surface area contributed by atoms with Crippen molar-refractivity contribution >= 4 is 12.2 Å². The lowest BCUT2D eigenvalue weighted by Crippen LogP contribution is -2.51. The molecule has 2 amide bonds. The summed E-state index contributed by atoms with van der Waals surface area (Å²) in [4.78, 5) is 27.3. The average molecular weight is 535 g/mol. The number of hydrogen-bond acceptors (Lipinski definition) is 6. The van der Waals surface area contributed by atoms with Gasteiger partial charge in [-0.25, -0.2) is 9.59 Å². The first-order valence-corrected chi connectivity index (χ1v) is 12.9. The smallest absolute Gasteiger partial charge is 0.410 e. The lowest BCUT2D eigenvalue weighted by Gasteiger charge is -2.30. The molecule has 0 fully saturated rings. The zero-order valence-corrected chi connectivity index (χ0v) is 23.0. The molecule has 3 aromatic rings. The number of carbonyl (C=O) groups excluding carboxylic acids is 2. The second-order valence-corrected chi connectivity index (χ2v) is 10.3. The molecule has 0 aromatic heterocycles. The lowest BCUT2D eigenvalue weighted by molar-refractivity contribution is 0.0327. The number of aliphatic hydroxyl groups excluding tert-OH is 1. The molecule has 0 saturated heterocycles. The molecule has 2 N–H and O–H groups in total. The number of aliphatic hydroxyl groups is 1. The molecule has 208 valence electrons. The van der Waals surface area contributed by atoms with E-state index < -0.39 is 29.9 Å². The maximum Gasteiger partial charge on any atom is 0.410 e. The van der Waals surface area contributed by atoms with Crippen molar-refractivity contribution in [3.8, 4) is 5.75 Å². The summed E-state index contributed by atoms with van der Waals surface area (Å²) in [5, 5.41) is 14.2. The van der Waals surface area contributed by atoms with Crippen LogP contribution in [0.15, 0.2) is 84.9 Å². The number of ether oxygens (including phenoxy) is 3. The van der Waals surface area contributed by atoms with Crippen molar-refractivity contribution in [1.29, 1.82) is 0 Å². The second kappa shape index (κ2) is 14.2. The fourth-order valence-electron chi connectivity index (χ4n) is 3.97. The molecule has 39 heavy (non-hydrogen) atoms. The van der Waals surface area contributed by atoms with Gasteiger partial charge in [-0.05, 0) is 56.0 Å². The van der Waals surface area contributed by atoms with E-state index in [1.54, 1.807) is 27.9 Å². The molecule has 0 aliphatic carbocycles. The van der Waals surface area contributed by atoms with Crippen molar-refractivity contribution in [3.05, 3.63) is 102 Å². The van der Waals surface area contributed by atoms with Gasteiger partial charge in [0.1, 0.15) is 18.0 Å². The fourth-order valence-corrected chi connectivity index (χ4v) is 3.97. The van der Waals surface area contributed by atoms with Crippen LogP contribution in [0, 0.1) is 0 Å². The van der Waals surface area contributed by atoms with Gasteiger partial charge in [-0.1, -0.05) is 72.8 Å². The zero-order chi connectivity index (χ0) is 28.3. The lowest BCUT2D eigenvalue weighted by atomic mass is 10.0. The first-order valence-electron chi connectivity index (χ1n) is 12.9. The molecular weight excluding hydrogens is 496 g/mol. The van der Waals surface area contributed by atoms with Gasteiger partial charge >= 0.3 is 12.2 Å². The topological polar surface area (TPSA) is 97.3 Å². The Morgan fingerprint density at radius 2 is 1.51 bits per heavy atom. The Labute approximate surface area is 230 Å². The summed E-state index contributed by atoms with van der Waals surface area (Å²) < 4.78 is 16.4. The quantitative estimate of drug-likeness (QED) is 0.345. The second-order valence-electron chi connectivity index (χ2n) is 10.3. The third-order valence-corrected chi connectivity index (χ3v) is 5.84. The molecule has 2 atom stereocenters. The van der Waals surface area contributed by atoms with Crippen molar-refractivity contribution < 1.29 is 28.9 Å². The molecule has 8 nitrogen and oxygen atoms in total. The summed E-state index contributed by atoms with van der Waals surface area (Å²) >= 11 is 0. The number of hydrogen-bond donors (Lipinski definition) is 2. The molecular formula is C31H38N2O6. The van der Waals surface area contributed by atoms with E-state index in [4.69, 9.17) is 14.2 Å². The number of nitrogens with one attached hydrogen (secondary N) is 1. The highest BCUT2D eigenvalue weighted by atomic mass is 16.6. The van der Waals surface area contributed by atoms with E-state index in [0.29, 0.717) is 12.2 Å². The molecule has 8 heteroatoms. The van der Waals surface area contributed by atoms with Crippen LogP contribution in [0.5, 0.6) is 5.75 Å². The highest BCUT2D eigenvalue weighted by Gasteiger charge is 2.29. The molecule has 3 aromatic carbocycles. The van der Waals surface area contributed by atoms with Gasteiger partial charge in [0.25, 0.3) is 0 Å². The molecule has 0 spiro atoms. The van der Waals surface area contributed by atoms with Crippen molar-refractivity contribution in [2.45, 2.75) is 58.1 Å². The number of nitrogens with zero attached hydrogens (tertiary/aromatic N) is 1. The van der Waals surface area contributed by atoms with Crippen LogP contribution in [-0.2, 0) is 29.0 Å². The third kappa shape index (κ3) is 10.3. The Bertz CT molecular complexity index is 1180. The normalized spacial score (nSPS) is 12.6. The van der Waals surface area contributed by atoms with Gasteiger partial charge in [-0.2, -0.15) is 0 Å². The van der Waals surface area contributed by atoms with E-state index in [9.17, 15) is 14.7 Å². The van der Waals surface area contributed by atoms with Crippen molar-refractivity contribution in [3.63, 3.8) is 0 Å². The first kappa shape index (κ1) is 29.5. The number of carbonyl (C=O) groups is 2. The summed E-state index contributed by atoms with van der Waals surface area (Å²) in [6.07, 6.45) is -2.01. The Kier molecular flexibility index (Phi) is 10.8. The van der Waals surface area contributed by atoms with Crippen LogP contribution in [0.2, 0.25) is 0 Å². The van der Waals surface area contributed by atoms with Crippen LogP contribution in [0.1, 0.15) is 37.5 Å². The predicted molar refractivity (Wildman–Crippen MR) is 149 cm³/mol. The van der Waals surface area contributed by atoms with E-state index in [1.807, 2.05) is 84.9 Å². The van der Waals surface area contributed by atoms with E-state index in [2.05, 4.69) is 5.32 Å². The Morgan fingerprint density at radius 3 is 2.13 bits per heavy atom. The molecule has 0 heterocycles. The number of alkyl carbamates (subject to hydrolysis) is 1. The van der Waals surface area contributed by atoms with Gasteiger partial charge in [-0.3, -0.25) is 0 Å². The minimum Gasteiger partial charge on any atom is -0.497 e. The standard InChI is InChI=1S/C31H38N2O6/c1-31(2,3)39-29(35)32-27(19-23-12-7-5-8-13-23)28(34)21-33(20-25-16-11-17-26(18-25)37-4)30(36)38-22-24-14-9-6-10-15-24/h5-18,27-28,34H,19-22H2,1-4H3,(H,32,35)/t27-,28-/m0/s1. The van der Waals surface area contributed by atoms with Crippen molar-refractivity contribution in [2.75, 3.05) is 13.7 Å². The Hall–Kier alpha value is -4.04. The molecule has 3 rings (SSSR count). The molecule has 0 bridgehead atoms. The number of rotatable bonds is 11. The van der Waals surface area contributed by atoms with E-state index in [0.717, 1.165) is 16.7 Å². The van der Waals surface area contributed by atoms with Crippen LogP contribution in [0.25, 0.3) is 0 Å². The van der Waals surface area contributed by atoms with E-state index in [1.165, 1.54) is 4.90 Å². The third-order valence-electron chi connectivity index (χ3n) is 5.84. The van der Waals surface area contributed by atoms with Crippen molar-refractivity contribution in [1.82, 2.24) is 10.2 Å². The van der Waals surface area contributed by atoms with E-state index in [-0.39, 0.29) is 19.7 Å². The molecule has 0 aliphatic heterocycles. The van der Waals surface area contributed by atoms with Crippen LogP contribution in [0.4, 0.5) is 9.59 Å². The van der Waals surface area contributed by atoms with Gasteiger partial charge in [-0.15, -0.1) is 0 Å². The summed E-state index contributed by atoms with van der Waals surface area (Å²) in [6.45, 7) is 5.49. The Balaban J connectivity index is 1.80. The highest BCUT2D eigenvalue weighted by Crippen LogP contribution is 2.17. The number of methoxy groups -OCH3 is 1.